The predicted molar refractivity (Wildman–Crippen MR) is 97.1 cm³/mol. The minimum absolute atomic E-state index is 0.0326. The van der Waals surface area contributed by atoms with Gasteiger partial charge in [0.1, 0.15) is 0 Å². The summed E-state index contributed by atoms with van der Waals surface area (Å²) in [6, 6.07) is 7.17. The molecule has 0 aliphatic heterocycles. The van der Waals surface area contributed by atoms with Gasteiger partial charge in [-0.1, -0.05) is 17.7 Å². The topological polar surface area (TPSA) is 70.2 Å². The number of rotatable bonds is 8. The highest BCUT2D eigenvalue weighted by molar-refractivity contribution is 5.95. The van der Waals surface area contributed by atoms with Crippen LogP contribution in [0, 0.1) is 0 Å². The van der Waals surface area contributed by atoms with Gasteiger partial charge >= 0.3 is 0 Å². The molecule has 1 aromatic rings. The summed E-state index contributed by atoms with van der Waals surface area (Å²) in [5, 5.41) is 8.76. The normalized spacial score (nSPS) is 13.8. The van der Waals surface area contributed by atoms with Crippen molar-refractivity contribution >= 4 is 17.5 Å². The molecule has 0 saturated carbocycles. The molecule has 0 radical (unpaired) electrons. The fourth-order valence-electron chi connectivity index (χ4n) is 2.77. The van der Waals surface area contributed by atoms with E-state index in [0.29, 0.717) is 18.7 Å². The molecule has 2 amide bonds. The molecule has 1 aromatic carbocycles. The molecular formula is C19H27N3O2. The molecule has 0 heterocycles. The van der Waals surface area contributed by atoms with Crippen LogP contribution in [0.5, 0.6) is 0 Å². The van der Waals surface area contributed by atoms with Crippen LogP contribution in [-0.4, -0.2) is 31.4 Å². The van der Waals surface area contributed by atoms with E-state index in [-0.39, 0.29) is 18.4 Å². The second-order valence-electron chi connectivity index (χ2n) is 6.00. The van der Waals surface area contributed by atoms with Gasteiger partial charge in [-0.3, -0.25) is 9.59 Å². The van der Waals surface area contributed by atoms with Gasteiger partial charge in [0.05, 0.1) is 6.54 Å². The van der Waals surface area contributed by atoms with Crippen molar-refractivity contribution in [3.63, 3.8) is 0 Å². The Kier molecular flexibility index (Phi) is 7.33. The molecule has 0 fully saturated rings. The lowest BCUT2D eigenvalue weighted by Gasteiger charge is -2.13. The Hall–Kier alpha value is -2.30. The minimum atomic E-state index is -0.105. The van der Waals surface area contributed by atoms with Gasteiger partial charge in [-0.25, -0.2) is 0 Å². The third-order valence-corrected chi connectivity index (χ3v) is 4.07. The lowest BCUT2D eigenvalue weighted by atomic mass is 9.97. The molecule has 0 spiro atoms. The lowest BCUT2D eigenvalue weighted by Crippen LogP contribution is -2.31. The molecule has 5 nitrogen and oxygen atoms in total. The van der Waals surface area contributed by atoms with Crippen LogP contribution in [0.2, 0.25) is 0 Å². The zero-order valence-corrected chi connectivity index (χ0v) is 14.4. The first-order valence-electron chi connectivity index (χ1n) is 8.75. The molecule has 0 aromatic heterocycles. The zero-order valence-electron chi connectivity index (χ0n) is 14.4. The van der Waals surface area contributed by atoms with E-state index in [9.17, 15) is 9.59 Å². The van der Waals surface area contributed by atoms with E-state index in [4.69, 9.17) is 0 Å². The van der Waals surface area contributed by atoms with Crippen LogP contribution in [0.15, 0.2) is 35.9 Å². The fraction of sp³-hybridized carbons (Fsp3) is 0.474. The quantitative estimate of drug-likeness (QED) is 0.642. The average Bonchev–Trinajstić information content (AvgIpc) is 2.61. The standard InChI is InChI=1S/C19H27N3O2/c1-2-20-19(24)16-9-6-10-17(13-16)22-14-18(23)21-12-11-15-7-4-3-5-8-15/h6-7,9-10,13,22H,2-5,8,11-12,14H2,1H3,(H,20,24)(H,21,23). The summed E-state index contributed by atoms with van der Waals surface area (Å²) in [4.78, 5) is 23.7. The van der Waals surface area contributed by atoms with E-state index in [0.717, 1.165) is 12.1 Å². The number of hydrogen-bond donors (Lipinski definition) is 3. The van der Waals surface area contributed by atoms with Gasteiger partial charge in [0.25, 0.3) is 5.91 Å². The van der Waals surface area contributed by atoms with Crippen molar-refractivity contribution in [2.75, 3.05) is 25.0 Å². The molecule has 0 bridgehead atoms. The number of allylic oxidation sites excluding steroid dienone is 1. The van der Waals surface area contributed by atoms with Gasteiger partial charge < -0.3 is 16.0 Å². The monoisotopic (exact) mass is 329 g/mol. The zero-order chi connectivity index (χ0) is 17.2. The van der Waals surface area contributed by atoms with Gasteiger partial charge in [-0.05, 0) is 57.2 Å². The van der Waals surface area contributed by atoms with Gasteiger partial charge in [0.2, 0.25) is 5.91 Å². The van der Waals surface area contributed by atoms with Gasteiger partial charge in [-0.15, -0.1) is 0 Å². The fourth-order valence-corrected chi connectivity index (χ4v) is 2.77. The number of hydrogen-bond acceptors (Lipinski definition) is 3. The summed E-state index contributed by atoms with van der Waals surface area (Å²) in [7, 11) is 0. The Morgan fingerprint density at radius 2 is 2.04 bits per heavy atom. The number of carbonyl (C=O) groups excluding carboxylic acids is 2. The first-order valence-corrected chi connectivity index (χ1v) is 8.75. The molecule has 5 heteroatoms. The van der Waals surface area contributed by atoms with Gasteiger partial charge in [0.15, 0.2) is 0 Å². The SMILES string of the molecule is CCNC(=O)c1cccc(NCC(=O)NCCC2=CCCCC2)c1. The van der Waals surface area contributed by atoms with Crippen molar-refractivity contribution in [1.29, 1.82) is 0 Å². The highest BCUT2D eigenvalue weighted by atomic mass is 16.2. The van der Waals surface area contributed by atoms with Crippen molar-refractivity contribution in [1.82, 2.24) is 10.6 Å². The molecule has 24 heavy (non-hydrogen) atoms. The minimum Gasteiger partial charge on any atom is -0.376 e. The maximum Gasteiger partial charge on any atom is 0.251 e. The van der Waals surface area contributed by atoms with Crippen molar-refractivity contribution in [2.45, 2.75) is 39.0 Å². The summed E-state index contributed by atoms with van der Waals surface area (Å²) < 4.78 is 0. The molecule has 0 saturated heterocycles. The summed E-state index contributed by atoms with van der Waals surface area (Å²) in [6.07, 6.45) is 8.14. The third kappa shape index (κ3) is 6.07. The summed E-state index contributed by atoms with van der Waals surface area (Å²) in [5.74, 6) is -0.138. The lowest BCUT2D eigenvalue weighted by molar-refractivity contribution is -0.119. The Morgan fingerprint density at radius 1 is 1.17 bits per heavy atom. The van der Waals surface area contributed by atoms with Crippen molar-refractivity contribution < 1.29 is 9.59 Å². The molecule has 3 N–H and O–H groups in total. The third-order valence-electron chi connectivity index (χ3n) is 4.07. The van der Waals surface area contributed by atoms with E-state index in [1.807, 2.05) is 13.0 Å². The predicted octanol–water partition coefficient (Wildman–Crippen LogP) is 2.85. The van der Waals surface area contributed by atoms with Crippen LogP contribution in [0.1, 0.15) is 49.4 Å². The van der Waals surface area contributed by atoms with Crippen LogP contribution in [0.4, 0.5) is 5.69 Å². The second-order valence-corrected chi connectivity index (χ2v) is 6.00. The molecule has 130 valence electrons. The van der Waals surface area contributed by atoms with Crippen molar-refractivity contribution in [2.24, 2.45) is 0 Å². The number of amides is 2. The first-order chi connectivity index (χ1) is 11.7. The van der Waals surface area contributed by atoms with Crippen LogP contribution < -0.4 is 16.0 Å². The average molecular weight is 329 g/mol. The smallest absolute Gasteiger partial charge is 0.251 e. The Morgan fingerprint density at radius 3 is 2.79 bits per heavy atom. The Bertz CT molecular complexity index is 596. The maximum atomic E-state index is 11.9. The van der Waals surface area contributed by atoms with Crippen molar-refractivity contribution in [3.8, 4) is 0 Å². The van der Waals surface area contributed by atoms with E-state index in [1.54, 1.807) is 18.2 Å². The van der Waals surface area contributed by atoms with Gasteiger partial charge in [0, 0.05) is 24.3 Å². The number of benzene rings is 1. The summed E-state index contributed by atoms with van der Waals surface area (Å²) in [6.45, 7) is 3.37. The van der Waals surface area contributed by atoms with E-state index >= 15 is 0 Å². The number of anilines is 1. The first kappa shape index (κ1) is 18.0. The largest absolute Gasteiger partial charge is 0.376 e. The molecule has 0 atom stereocenters. The Labute approximate surface area is 143 Å². The van der Waals surface area contributed by atoms with E-state index < -0.39 is 0 Å². The molecule has 1 aliphatic rings. The maximum absolute atomic E-state index is 11.9. The van der Waals surface area contributed by atoms with Crippen molar-refractivity contribution in [3.05, 3.63) is 41.5 Å². The summed E-state index contributed by atoms with van der Waals surface area (Å²) in [5.41, 5.74) is 2.82. The van der Waals surface area contributed by atoms with Crippen LogP contribution in [0.25, 0.3) is 0 Å². The number of nitrogens with one attached hydrogen (secondary N) is 3. The van der Waals surface area contributed by atoms with E-state index in [2.05, 4.69) is 22.0 Å². The Balaban J connectivity index is 1.72. The molecule has 2 rings (SSSR count). The van der Waals surface area contributed by atoms with Crippen LogP contribution in [0.3, 0.4) is 0 Å². The van der Waals surface area contributed by atoms with E-state index in [1.165, 1.54) is 31.3 Å². The van der Waals surface area contributed by atoms with Crippen LogP contribution >= 0.6 is 0 Å². The molecule has 0 unspecified atom stereocenters. The molecule has 1 aliphatic carbocycles. The number of carbonyl (C=O) groups is 2. The van der Waals surface area contributed by atoms with Crippen LogP contribution in [-0.2, 0) is 4.79 Å². The highest BCUT2D eigenvalue weighted by Gasteiger charge is 2.07. The summed E-state index contributed by atoms with van der Waals surface area (Å²) >= 11 is 0. The molecular weight excluding hydrogens is 302 g/mol. The second kappa shape index (κ2) is 9.75. The highest BCUT2D eigenvalue weighted by Crippen LogP contribution is 2.19. The van der Waals surface area contributed by atoms with Gasteiger partial charge in [-0.2, -0.15) is 0 Å².